The molecular weight excluding hydrogens is 536 g/mol. The Balaban J connectivity index is 1.16. The number of aromatic nitrogens is 1. The normalized spacial score (nSPS) is 13.4. The molecule has 2 heterocycles. The summed E-state index contributed by atoms with van der Waals surface area (Å²) >= 11 is 6.03. The largest absolute Gasteiger partial charge is 0.487 e. The number of aryl methyl sites for hydroxylation is 1. The van der Waals surface area contributed by atoms with Crippen LogP contribution in [-0.4, -0.2) is 21.9 Å². The number of amides is 2. The molecule has 0 bridgehead atoms. The van der Waals surface area contributed by atoms with Crippen molar-refractivity contribution >= 4 is 34.3 Å². The van der Waals surface area contributed by atoms with E-state index in [4.69, 9.17) is 21.2 Å². The fraction of sp³-hybridized carbons (Fsp3) is 0.147. The van der Waals surface area contributed by atoms with Gasteiger partial charge in [-0.3, -0.25) is 14.4 Å². The molecule has 1 unspecified atom stereocenters. The molecule has 0 N–H and O–H groups in total. The van der Waals surface area contributed by atoms with Gasteiger partial charge in [-0.15, -0.1) is 5.06 Å². The predicted molar refractivity (Wildman–Crippen MR) is 158 cm³/mol. The molecule has 6 nitrogen and oxygen atoms in total. The van der Waals surface area contributed by atoms with Gasteiger partial charge in [-0.2, -0.15) is 0 Å². The smallest absolute Gasteiger partial charge is 0.285 e. The van der Waals surface area contributed by atoms with Crippen LogP contribution in [0.15, 0.2) is 109 Å². The van der Waals surface area contributed by atoms with Gasteiger partial charge in [0, 0.05) is 10.4 Å². The molecule has 0 fully saturated rings. The third kappa shape index (κ3) is 5.99. The van der Waals surface area contributed by atoms with Crippen LogP contribution in [0.2, 0.25) is 5.02 Å². The number of fused-ring (bicyclic) bond motifs is 2. The van der Waals surface area contributed by atoms with Gasteiger partial charge < -0.3 is 4.74 Å². The molecular formula is C34H27ClN2O4. The molecule has 0 saturated heterocycles. The zero-order valence-corrected chi connectivity index (χ0v) is 23.0. The van der Waals surface area contributed by atoms with Crippen LogP contribution >= 0.6 is 11.6 Å². The summed E-state index contributed by atoms with van der Waals surface area (Å²) in [5.74, 6) is -0.211. The maximum Gasteiger partial charge on any atom is 0.285 e. The van der Waals surface area contributed by atoms with Gasteiger partial charge in [0.2, 0.25) is 0 Å². The van der Waals surface area contributed by atoms with E-state index in [0.29, 0.717) is 34.9 Å². The Bertz CT molecular complexity index is 1670. The second-order valence-electron chi connectivity index (χ2n) is 9.92. The van der Waals surface area contributed by atoms with Crippen molar-refractivity contribution in [2.24, 2.45) is 0 Å². The number of ether oxygens (including phenoxy) is 1. The lowest BCUT2D eigenvalue weighted by atomic mass is 10.0. The molecule has 0 aliphatic carbocycles. The third-order valence-electron chi connectivity index (χ3n) is 7.13. The van der Waals surface area contributed by atoms with Crippen molar-refractivity contribution < 1.29 is 19.2 Å². The van der Waals surface area contributed by atoms with Crippen molar-refractivity contribution in [3.63, 3.8) is 0 Å². The number of hydrogen-bond donors (Lipinski definition) is 0. The summed E-state index contributed by atoms with van der Waals surface area (Å²) in [6, 6.07) is 34.0. The van der Waals surface area contributed by atoms with Gasteiger partial charge in [0.15, 0.2) is 0 Å². The van der Waals surface area contributed by atoms with Crippen LogP contribution in [0.25, 0.3) is 10.9 Å². The summed E-state index contributed by atoms with van der Waals surface area (Å²) < 4.78 is 6.00. The number of imide groups is 1. The Morgan fingerprint density at radius 1 is 0.756 bits per heavy atom. The van der Waals surface area contributed by atoms with Gasteiger partial charge in [0.1, 0.15) is 18.5 Å². The van der Waals surface area contributed by atoms with E-state index < -0.39 is 17.9 Å². The molecule has 1 aromatic heterocycles. The highest BCUT2D eigenvalue weighted by Gasteiger charge is 2.38. The van der Waals surface area contributed by atoms with Crippen molar-refractivity contribution in [3.05, 3.63) is 142 Å². The summed E-state index contributed by atoms with van der Waals surface area (Å²) in [4.78, 5) is 36.8. The minimum atomic E-state index is -0.513. The number of pyridine rings is 1. The molecule has 0 saturated carbocycles. The van der Waals surface area contributed by atoms with E-state index in [9.17, 15) is 9.59 Å². The lowest BCUT2D eigenvalue weighted by Crippen LogP contribution is -2.31. The summed E-state index contributed by atoms with van der Waals surface area (Å²) in [6.07, 6.45) is 1.67. The quantitative estimate of drug-likeness (QED) is 0.163. The molecule has 6 rings (SSSR count). The van der Waals surface area contributed by atoms with Crippen molar-refractivity contribution in [2.75, 3.05) is 0 Å². The molecule has 5 aromatic rings. The Labute approximate surface area is 243 Å². The summed E-state index contributed by atoms with van der Waals surface area (Å²) in [7, 11) is 0. The number of carbonyl (C=O) groups is 2. The fourth-order valence-electron chi connectivity index (χ4n) is 4.94. The molecule has 4 aromatic carbocycles. The number of nitrogens with zero attached hydrogens (tertiary/aromatic N) is 2. The molecule has 41 heavy (non-hydrogen) atoms. The number of hydrogen-bond acceptors (Lipinski definition) is 5. The van der Waals surface area contributed by atoms with Crippen molar-refractivity contribution in [1.82, 2.24) is 10.0 Å². The lowest BCUT2D eigenvalue weighted by Gasteiger charge is -2.23. The van der Waals surface area contributed by atoms with Crippen LogP contribution in [0.3, 0.4) is 0 Å². The maximum absolute atomic E-state index is 13.0. The molecule has 1 aliphatic heterocycles. The second-order valence-corrected chi connectivity index (χ2v) is 10.4. The molecule has 204 valence electrons. The van der Waals surface area contributed by atoms with Crippen LogP contribution in [-0.2, 0) is 17.9 Å². The number of carbonyl (C=O) groups excluding carboxylic acids is 2. The molecule has 0 spiro atoms. The van der Waals surface area contributed by atoms with Crippen molar-refractivity contribution in [2.45, 2.75) is 32.0 Å². The number of halogens is 1. The SMILES string of the molecule is O=C1c2ccccc2C(=O)N1OC(CCCc1ccc(Cl)cc1)c1ccc(OCc2ccc3ccccc3n2)cc1. The molecule has 7 heteroatoms. The van der Waals surface area contributed by atoms with E-state index in [2.05, 4.69) is 4.98 Å². The van der Waals surface area contributed by atoms with Gasteiger partial charge in [-0.1, -0.05) is 72.3 Å². The van der Waals surface area contributed by atoms with Crippen LogP contribution in [0.5, 0.6) is 5.75 Å². The highest BCUT2D eigenvalue weighted by Crippen LogP contribution is 2.31. The van der Waals surface area contributed by atoms with Gasteiger partial charge in [-0.25, -0.2) is 4.98 Å². The average Bonchev–Trinajstić information content (AvgIpc) is 3.25. The molecule has 1 atom stereocenters. The highest BCUT2D eigenvalue weighted by atomic mass is 35.5. The van der Waals surface area contributed by atoms with E-state index in [-0.39, 0.29) is 0 Å². The van der Waals surface area contributed by atoms with E-state index in [1.165, 1.54) is 0 Å². The van der Waals surface area contributed by atoms with Crippen LogP contribution in [0, 0.1) is 0 Å². The first-order valence-corrected chi connectivity index (χ1v) is 13.9. The maximum atomic E-state index is 13.0. The fourth-order valence-corrected chi connectivity index (χ4v) is 5.06. The number of para-hydroxylation sites is 1. The second kappa shape index (κ2) is 11.9. The van der Waals surface area contributed by atoms with Crippen LogP contribution < -0.4 is 4.74 Å². The summed E-state index contributed by atoms with van der Waals surface area (Å²) in [5.41, 5.74) is 4.46. The molecule has 2 amide bonds. The third-order valence-corrected chi connectivity index (χ3v) is 7.38. The first-order chi connectivity index (χ1) is 20.0. The minimum absolute atomic E-state index is 0.334. The topological polar surface area (TPSA) is 68.7 Å². The number of hydroxylamine groups is 2. The first-order valence-electron chi connectivity index (χ1n) is 13.5. The van der Waals surface area contributed by atoms with Crippen molar-refractivity contribution in [3.8, 4) is 5.75 Å². The van der Waals surface area contributed by atoms with Crippen LogP contribution in [0.4, 0.5) is 0 Å². The van der Waals surface area contributed by atoms with E-state index >= 15 is 0 Å². The first kappa shape index (κ1) is 26.7. The Morgan fingerprint density at radius 2 is 1.44 bits per heavy atom. The number of rotatable bonds is 10. The predicted octanol–water partition coefficient (Wildman–Crippen LogP) is 7.76. The van der Waals surface area contributed by atoms with Gasteiger partial charge >= 0.3 is 0 Å². The van der Waals surface area contributed by atoms with E-state index in [0.717, 1.165) is 45.6 Å². The minimum Gasteiger partial charge on any atom is -0.487 e. The van der Waals surface area contributed by atoms with Crippen LogP contribution in [0.1, 0.15) is 56.5 Å². The number of benzene rings is 4. The summed E-state index contributed by atoms with van der Waals surface area (Å²) in [6.45, 7) is 0.334. The zero-order valence-electron chi connectivity index (χ0n) is 22.2. The standard InChI is InChI=1S/C34H27ClN2O4/c35-26-17-12-23(13-18-26)6-5-11-32(41-37-33(38)29-8-2-3-9-30(29)34(37)39)25-15-20-28(21-16-25)40-22-27-19-14-24-7-1-4-10-31(24)36-27/h1-4,7-10,12-21,32H,5-6,11,22H2. The van der Waals surface area contributed by atoms with E-state index in [1.807, 2.05) is 84.9 Å². The lowest BCUT2D eigenvalue weighted by molar-refractivity contribution is -0.137. The molecule has 1 aliphatic rings. The zero-order chi connectivity index (χ0) is 28.2. The van der Waals surface area contributed by atoms with Gasteiger partial charge in [0.25, 0.3) is 11.8 Å². The average molecular weight is 563 g/mol. The van der Waals surface area contributed by atoms with E-state index in [1.54, 1.807) is 24.3 Å². The van der Waals surface area contributed by atoms with Gasteiger partial charge in [-0.05, 0) is 78.9 Å². The monoisotopic (exact) mass is 562 g/mol. The Kier molecular flexibility index (Phi) is 7.76. The van der Waals surface area contributed by atoms with Crippen molar-refractivity contribution in [1.29, 1.82) is 0 Å². The Hall–Kier alpha value is -4.52. The summed E-state index contributed by atoms with van der Waals surface area (Å²) in [5, 5.41) is 2.67. The van der Waals surface area contributed by atoms with Gasteiger partial charge in [0.05, 0.1) is 22.3 Å². The molecule has 0 radical (unpaired) electrons. The Morgan fingerprint density at radius 3 is 2.17 bits per heavy atom. The highest BCUT2D eigenvalue weighted by molar-refractivity contribution is 6.30.